The molecule has 0 heterocycles. The van der Waals surface area contributed by atoms with E-state index in [2.05, 4.69) is 69.7 Å². The fourth-order valence-electron chi connectivity index (χ4n) is 7.91. The zero-order chi connectivity index (χ0) is 32.9. The number of hydrogen-bond donors (Lipinski definition) is 0. The van der Waals surface area contributed by atoms with Crippen molar-refractivity contribution in [3.8, 4) is 0 Å². The van der Waals surface area contributed by atoms with Crippen LogP contribution >= 0.6 is 0 Å². The number of unbranched alkanes of at least 4 members (excludes halogenated alkanes) is 7. The molecule has 2 aliphatic carbocycles. The second-order valence-electron chi connectivity index (χ2n) is 17.2. The topological polar surface area (TPSA) is 52.6 Å². The van der Waals surface area contributed by atoms with Gasteiger partial charge >= 0.3 is 11.9 Å². The molecule has 44 heavy (non-hydrogen) atoms. The third-order valence-electron chi connectivity index (χ3n) is 10.9. The standard InChI is InChI=1S/C38H74N2O4/c1-29(2)33-21-19-31(5)25-35(33)43-37(41)27-39(7,8)23-17-15-13-11-12-14-16-18-24-40(9,10)28-38(42)44-36-26-32(6)20-22-34(36)30(3)4/h29-36H,11-28H2,1-10H3/q+2/t31-,32+,33-,34-,35+,36+/m1/s1. The molecule has 0 spiro atoms. The number of rotatable bonds is 19. The summed E-state index contributed by atoms with van der Waals surface area (Å²) in [5.41, 5.74) is 0. The maximum absolute atomic E-state index is 12.8. The summed E-state index contributed by atoms with van der Waals surface area (Å²) < 4.78 is 13.6. The molecule has 0 aliphatic heterocycles. The molecule has 2 aliphatic rings. The number of hydrogen-bond acceptors (Lipinski definition) is 4. The Morgan fingerprint density at radius 3 is 1.20 bits per heavy atom. The smallest absolute Gasteiger partial charge is 0.362 e. The number of carbonyl (C=O) groups is 2. The average Bonchev–Trinajstić information content (AvgIpc) is 2.88. The molecule has 0 amide bonds. The number of esters is 2. The van der Waals surface area contributed by atoms with Crippen LogP contribution in [0, 0.1) is 35.5 Å². The van der Waals surface area contributed by atoms with Gasteiger partial charge in [-0.1, -0.05) is 80.1 Å². The van der Waals surface area contributed by atoms with Gasteiger partial charge in [0.05, 0.1) is 41.3 Å². The van der Waals surface area contributed by atoms with E-state index in [1.54, 1.807) is 0 Å². The minimum absolute atomic E-state index is 0.0166. The van der Waals surface area contributed by atoms with E-state index in [1.807, 2.05) is 0 Å². The Morgan fingerprint density at radius 2 is 0.886 bits per heavy atom. The van der Waals surface area contributed by atoms with Gasteiger partial charge in [-0.3, -0.25) is 0 Å². The van der Waals surface area contributed by atoms with Crippen molar-refractivity contribution in [3.63, 3.8) is 0 Å². The van der Waals surface area contributed by atoms with E-state index in [0.29, 0.717) is 57.6 Å². The van der Waals surface area contributed by atoms with Gasteiger partial charge in [0.1, 0.15) is 12.2 Å². The highest BCUT2D eigenvalue weighted by atomic mass is 16.5. The summed E-state index contributed by atoms with van der Waals surface area (Å²) in [6, 6.07) is 0. The van der Waals surface area contributed by atoms with E-state index in [1.165, 1.54) is 64.2 Å². The van der Waals surface area contributed by atoms with Gasteiger partial charge < -0.3 is 18.4 Å². The second-order valence-corrected chi connectivity index (χ2v) is 17.2. The molecule has 0 bridgehead atoms. The zero-order valence-electron chi connectivity index (χ0n) is 30.9. The minimum Gasteiger partial charge on any atom is -0.458 e. The summed E-state index contributed by atoms with van der Waals surface area (Å²) in [6.45, 7) is 16.6. The van der Waals surface area contributed by atoms with Crippen LogP contribution in [0.2, 0.25) is 0 Å². The first-order valence-electron chi connectivity index (χ1n) is 18.6. The maximum atomic E-state index is 12.8. The van der Waals surface area contributed by atoms with Gasteiger partial charge in [-0.25, -0.2) is 9.59 Å². The lowest BCUT2D eigenvalue weighted by Gasteiger charge is -2.37. The first kappa shape index (κ1) is 39.0. The molecule has 0 saturated heterocycles. The van der Waals surface area contributed by atoms with Crippen LogP contribution in [-0.2, 0) is 19.1 Å². The molecule has 6 atom stereocenters. The molecule has 0 aromatic carbocycles. The second kappa shape index (κ2) is 18.9. The van der Waals surface area contributed by atoms with Gasteiger partial charge in [-0.05, 0) is 86.9 Å². The number of likely N-dealkylation sites (N-methyl/N-ethyl adjacent to an activating group) is 2. The number of ether oxygens (including phenoxy) is 2. The van der Waals surface area contributed by atoms with Gasteiger partial charge in [0, 0.05) is 0 Å². The van der Waals surface area contributed by atoms with Gasteiger partial charge in [0.15, 0.2) is 13.1 Å². The minimum atomic E-state index is -0.0166. The lowest BCUT2D eigenvalue weighted by atomic mass is 9.75. The maximum Gasteiger partial charge on any atom is 0.362 e. The predicted molar refractivity (Wildman–Crippen MR) is 183 cm³/mol. The summed E-state index contributed by atoms with van der Waals surface area (Å²) in [5, 5.41) is 0. The first-order chi connectivity index (χ1) is 20.6. The van der Waals surface area contributed by atoms with Crippen LogP contribution in [0.15, 0.2) is 0 Å². The number of quaternary nitrogens is 2. The number of carbonyl (C=O) groups excluding carboxylic acids is 2. The van der Waals surface area contributed by atoms with Crippen LogP contribution in [0.4, 0.5) is 0 Å². The molecular formula is C38H74N2O4+2. The molecule has 0 radical (unpaired) electrons. The van der Waals surface area contributed by atoms with E-state index in [-0.39, 0.29) is 24.1 Å². The summed E-state index contributed by atoms with van der Waals surface area (Å²) >= 11 is 0. The molecule has 6 heteroatoms. The van der Waals surface area contributed by atoms with E-state index >= 15 is 0 Å². The van der Waals surface area contributed by atoms with Crippen LogP contribution in [0.1, 0.15) is 131 Å². The third kappa shape index (κ3) is 15.0. The molecule has 0 aromatic heterocycles. The monoisotopic (exact) mass is 623 g/mol. The highest BCUT2D eigenvalue weighted by Crippen LogP contribution is 2.36. The summed E-state index contributed by atoms with van der Waals surface area (Å²) in [5.74, 6) is 3.42. The predicted octanol–water partition coefficient (Wildman–Crippen LogP) is 8.27. The molecule has 6 nitrogen and oxygen atoms in total. The summed E-state index contributed by atoms with van der Waals surface area (Å²) in [6.07, 6.45) is 17.0. The van der Waals surface area contributed by atoms with Crippen molar-refractivity contribution in [2.45, 2.75) is 144 Å². The fraction of sp³-hybridized carbons (Fsp3) is 0.947. The molecule has 258 valence electrons. The van der Waals surface area contributed by atoms with E-state index in [4.69, 9.17) is 9.47 Å². The van der Waals surface area contributed by atoms with Gasteiger partial charge in [0.25, 0.3) is 0 Å². The Balaban J connectivity index is 1.53. The largest absolute Gasteiger partial charge is 0.458 e. The van der Waals surface area contributed by atoms with E-state index in [9.17, 15) is 9.59 Å². The molecule has 0 unspecified atom stereocenters. The van der Waals surface area contributed by atoms with Gasteiger partial charge in [-0.2, -0.15) is 0 Å². The fourth-order valence-corrected chi connectivity index (χ4v) is 7.91. The van der Waals surface area contributed by atoms with Crippen molar-refractivity contribution in [3.05, 3.63) is 0 Å². The van der Waals surface area contributed by atoms with Crippen molar-refractivity contribution >= 4 is 11.9 Å². The zero-order valence-corrected chi connectivity index (χ0v) is 30.9. The Hall–Kier alpha value is -1.14. The lowest BCUT2D eigenvalue weighted by Crippen LogP contribution is -2.47. The van der Waals surface area contributed by atoms with E-state index in [0.717, 1.165) is 38.8 Å². The summed E-state index contributed by atoms with van der Waals surface area (Å²) in [7, 11) is 8.68. The van der Waals surface area contributed by atoms with Crippen LogP contribution in [0.5, 0.6) is 0 Å². The van der Waals surface area contributed by atoms with Gasteiger partial charge in [0.2, 0.25) is 0 Å². The molecule has 2 rings (SSSR count). The number of nitrogens with zero attached hydrogens (tertiary/aromatic N) is 2. The summed E-state index contributed by atoms with van der Waals surface area (Å²) in [4.78, 5) is 25.7. The Bertz CT molecular complexity index is 771. The van der Waals surface area contributed by atoms with Crippen molar-refractivity contribution < 1.29 is 28.0 Å². The Kier molecular flexibility index (Phi) is 16.7. The average molecular weight is 623 g/mol. The SMILES string of the molecule is CC(C)[C@H]1CC[C@@H](C)C[C@@H]1OC(=O)C[N+](C)(C)CCCCCCCCCC[N+](C)(C)CC(=O)O[C@H]1C[C@@H](C)CC[C@@H]1C(C)C. The van der Waals surface area contributed by atoms with Crippen molar-refractivity contribution in [2.24, 2.45) is 35.5 Å². The molecule has 0 N–H and O–H groups in total. The van der Waals surface area contributed by atoms with Crippen molar-refractivity contribution in [2.75, 3.05) is 54.4 Å². The molecule has 2 saturated carbocycles. The van der Waals surface area contributed by atoms with Gasteiger partial charge in [-0.15, -0.1) is 0 Å². The lowest BCUT2D eigenvalue weighted by molar-refractivity contribution is -0.883. The van der Waals surface area contributed by atoms with E-state index < -0.39 is 0 Å². The van der Waals surface area contributed by atoms with Crippen LogP contribution in [-0.4, -0.2) is 87.5 Å². The molecule has 2 fully saturated rings. The quantitative estimate of drug-likeness (QED) is 0.0827. The van der Waals surface area contributed by atoms with Crippen LogP contribution in [0.25, 0.3) is 0 Å². The first-order valence-corrected chi connectivity index (χ1v) is 18.6. The molecular weight excluding hydrogens is 548 g/mol. The Morgan fingerprint density at radius 1 is 0.568 bits per heavy atom. The highest BCUT2D eigenvalue weighted by molar-refractivity contribution is 5.71. The van der Waals surface area contributed by atoms with Crippen LogP contribution < -0.4 is 0 Å². The van der Waals surface area contributed by atoms with Crippen molar-refractivity contribution in [1.82, 2.24) is 0 Å². The highest BCUT2D eigenvalue weighted by Gasteiger charge is 2.36. The Labute approximate surface area is 273 Å². The molecule has 0 aromatic rings. The third-order valence-corrected chi connectivity index (χ3v) is 10.9. The van der Waals surface area contributed by atoms with Crippen LogP contribution in [0.3, 0.4) is 0 Å². The van der Waals surface area contributed by atoms with Crippen molar-refractivity contribution in [1.29, 1.82) is 0 Å². The normalized spacial score (nSPS) is 26.6.